The highest BCUT2D eigenvalue weighted by Gasteiger charge is 2.32. The first-order valence-electron chi connectivity index (χ1n) is 12.4. The summed E-state index contributed by atoms with van der Waals surface area (Å²) >= 11 is 5.92. The number of nitrogens with zero attached hydrogens (tertiary/aromatic N) is 1. The van der Waals surface area contributed by atoms with Crippen LogP contribution < -0.4 is 10.1 Å². The van der Waals surface area contributed by atoms with E-state index in [0.29, 0.717) is 30.2 Å². The molecule has 0 aliphatic heterocycles. The van der Waals surface area contributed by atoms with Gasteiger partial charge in [0.15, 0.2) is 0 Å². The third kappa shape index (κ3) is 9.54. The zero-order valence-electron chi connectivity index (χ0n) is 21.5. The van der Waals surface area contributed by atoms with Crippen LogP contribution in [0.25, 0.3) is 0 Å². The van der Waals surface area contributed by atoms with Crippen LogP contribution in [0.3, 0.4) is 0 Å². The number of benzene rings is 3. The minimum atomic E-state index is -0.739. The van der Waals surface area contributed by atoms with Gasteiger partial charge in [-0.15, -0.1) is 0 Å². The highest BCUT2D eigenvalue weighted by Crippen LogP contribution is 2.19. The molecule has 0 saturated heterocycles. The van der Waals surface area contributed by atoms with Crippen LogP contribution in [0, 0.1) is 5.82 Å². The molecule has 3 aromatic rings. The molecule has 5 nitrogen and oxygen atoms in total. The van der Waals surface area contributed by atoms with E-state index in [1.54, 1.807) is 41.3 Å². The molecule has 1 atom stereocenters. The largest absolute Gasteiger partial charge is 0.494 e. The SMILES string of the molecule is CC(C)(C)NC(=O)[C@H](Cc1ccccc1)N(Cc1ccc(F)cc1)C(=O)CCCOc1ccc(Cl)cc1. The summed E-state index contributed by atoms with van der Waals surface area (Å²) in [6, 6.07) is 21.9. The Balaban J connectivity index is 1.80. The summed E-state index contributed by atoms with van der Waals surface area (Å²) in [6.45, 7) is 6.25. The summed E-state index contributed by atoms with van der Waals surface area (Å²) in [4.78, 5) is 28.7. The molecule has 0 aliphatic rings. The smallest absolute Gasteiger partial charge is 0.243 e. The number of halogens is 2. The first-order chi connectivity index (χ1) is 17.6. The van der Waals surface area contributed by atoms with Crippen molar-refractivity contribution in [1.29, 1.82) is 0 Å². The Morgan fingerprint density at radius 2 is 1.59 bits per heavy atom. The predicted molar refractivity (Wildman–Crippen MR) is 145 cm³/mol. The molecule has 0 aromatic heterocycles. The minimum Gasteiger partial charge on any atom is -0.494 e. The van der Waals surface area contributed by atoms with Crippen LogP contribution in [0.2, 0.25) is 5.02 Å². The fourth-order valence-corrected chi connectivity index (χ4v) is 4.01. The zero-order chi connectivity index (χ0) is 26.8. The average Bonchev–Trinajstić information content (AvgIpc) is 2.85. The Morgan fingerprint density at radius 3 is 2.22 bits per heavy atom. The lowest BCUT2D eigenvalue weighted by molar-refractivity contribution is -0.142. The highest BCUT2D eigenvalue weighted by atomic mass is 35.5. The molecule has 2 amide bonds. The first-order valence-corrected chi connectivity index (χ1v) is 12.8. The Labute approximate surface area is 223 Å². The van der Waals surface area contributed by atoms with Gasteiger partial charge in [-0.2, -0.15) is 0 Å². The van der Waals surface area contributed by atoms with Gasteiger partial charge in [-0.1, -0.05) is 54.1 Å². The van der Waals surface area contributed by atoms with Gasteiger partial charge in [-0.25, -0.2) is 4.39 Å². The molecule has 0 heterocycles. The summed E-state index contributed by atoms with van der Waals surface area (Å²) < 4.78 is 19.3. The first kappa shape index (κ1) is 28.2. The molecule has 37 heavy (non-hydrogen) atoms. The molecule has 196 valence electrons. The summed E-state index contributed by atoms with van der Waals surface area (Å²) in [5.74, 6) is -0.0861. The van der Waals surface area contributed by atoms with Crippen molar-refractivity contribution in [3.05, 3.63) is 101 Å². The molecule has 3 rings (SSSR count). The van der Waals surface area contributed by atoms with Gasteiger partial charge in [0.2, 0.25) is 11.8 Å². The molecule has 0 saturated carbocycles. The van der Waals surface area contributed by atoms with Crippen LogP contribution in [-0.4, -0.2) is 34.9 Å². The third-order valence-electron chi connectivity index (χ3n) is 5.65. The second-order valence-electron chi connectivity index (χ2n) is 10.00. The maximum absolute atomic E-state index is 13.6. The standard InChI is InChI=1S/C30H34ClFN2O3/c1-30(2,3)33-29(36)27(20-22-8-5-4-6-9-22)34(21-23-11-15-25(32)16-12-23)28(35)10-7-19-37-26-17-13-24(31)14-18-26/h4-6,8-9,11-18,27H,7,10,19-21H2,1-3H3,(H,33,36)/t27-/m0/s1. The predicted octanol–water partition coefficient (Wildman–Crippen LogP) is 6.19. The Hall–Kier alpha value is -3.38. The molecule has 0 fully saturated rings. The molecule has 0 radical (unpaired) electrons. The molecule has 3 aromatic carbocycles. The topological polar surface area (TPSA) is 58.6 Å². The molecular weight excluding hydrogens is 491 g/mol. The molecule has 0 bridgehead atoms. The monoisotopic (exact) mass is 524 g/mol. The number of hydrogen-bond acceptors (Lipinski definition) is 3. The lowest BCUT2D eigenvalue weighted by Crippen LogP contribution is -2.54. The van der Waals surface area contributed by atoms with Crippen molar-refractivity contribution in [1.82, 2.24) is 10.2 Å². The third-order valence-corrected chi connectivity index (χ3v) is 5.90. The van der Waals surface area contributed by atoms with E-state index < -0.39 is 11.6 Å². The minimum absolute atomic E-state index is 0.172. The number of carbonyl (C=O) groups is 2. The van der Waals surface area contributed by atoms with Crippen LogP contribution in [0.5, 0.6) is 5.75 Å². The van der Waals surface area contributed by atoms with Crippen LogP contribution in [0.1, 0.15) is 44.7 Å². The van der Waals surface area contributed by atoms with Gasteiger partial charge in [0.25, 0.3) is 0 Å². The van der Waals surface area contributed by atoms with E-state index >= 15 is 0 Å². The van der Waals surface area contributed by atoms with E-state index in [-0.39, 0.29) is 30.6 Å². The van der Waals surface area contributed by atoms with Gasteiger partial charge in [0.1, 0.15) is 17.6 Å². The van der Waals surface area contributed by atoms with E-state index in [2.05, 4.69) is 5.32 Å². The highest BCUT2D eigenvalue weighted by molar-refractivity contribution is 6.30. The summed E-state index contributed by atoms with van der Waals surface area (Å²) in [5.41, 5.74) is 1.22. The Morgan fingerprint density at radius 1 is 0.946 bits per heavy atom. The van der Waals surface area contributed by atoms with Gasteiger partial charge < -0.3 is 15.0 Å². The molecule has 0 spiro atoms. The number of hydrogen-bond donors (Lipinski definition) is 1. The fourth-order valence-electron chi connectivity index (χ4n) is 3.88. The maximum atomic E-state index is 13.6. The van der Waals surface area contributed by atoms with Crippen LogP contribution in [0.15, 0.2) is 78.9 Å². The van der Waals surface area contributed by atoms with Crippen molar-refractivity contribution in [3.63, 3.8) is 0 Å². The van der Waals surface area contributed by atoms with E-state index in [0.717, 1.165) is 11.1 Å². The second kappa shape index (κ2) is 13.2. The van der Waals surface area contributed by atoms with Crippen molar-refractivity contribution in [2.75, 3.05) is 6.61 Å². The second-order valence-corrected chi connectivity index (χ2v) is 10.4. The number of nitrogens with one attached hydrogen (secondary N) is 1. The summed E-state index contributed by atoms with van der Waals surface area (Å²) in [6.07, 6.45) is 1.03. The number of ether oxygens (including phenoxy) is 1. The van der Waals surface area contributed by atoms with E-state index in [9.17, 15) is 14.0 Å². The van der Waals surface area contributed by atoms with Crippen molar-refractivity contribution in [2.24, 2.45) is 0 Å². The summed E-state index contributed by atoms with van der Waals surface area (Å²) in [5, 5.41) is 3.66. The molecular formula is C30H34ClFN2O3. The quantitative estimate of drug-likeness (QED) is 0.304. The van der Waals surface area contributed by atoms with Gasteiger partial charge in [-0.05, 0) is 74.7 Å². The van der Waals surface area contributed by atoms with Crippen LogP contribution >= 0.6 is 11.6 Å². The zero-order valence-corrected chi connectivity index (χ0v) is 22.3. The Bertz CT molecular complexity index is 1150. The van der Waals surface area contributed by atoms with Crippen molar-refractivity contribution in [3.8, 4) is 5.75 Å². The number of rotatable bonds is 11. The van der Waals surface area contributed by atoms with Crippen LogP contribution in [-0.2, 0) is 22.6 Å². The lowest BCUT2D eigenvalue weighted by Gasteiger charge is -2.34. The van der Waals surface area contributed by atoms with Gasteiger partial charge in [0, 0.05) is 29.9 Å². The summed E-state index contributed by atoms with van der Waals surface area (Å²) in [7, 11) is 0. The Kier molecular flexibility index (Phi) is 10.1. The van der Waals surface area contributed by atoms with Gasteiger partial charge in [0.05, 0.1) is 6.61 Å². The van der Waals surface area contributed by atoms with Crippen molar-refractivity contribution in [2.45, 2.75) is 58.2 Å². The number of carbonyl (C=O) groups excluding carboxylic acids is 2. The van der Waals surface area contributed by atoms with Crippen LogP contribution in [0.4, 0.5) is 4.39 Å². The van der Waals surface area contributed by atoms with E-state index in [1.807, 2.05) is 51.1 Å². The van der Waals surface area contributed by atoms with Gasteiger partial charge >= 0.3 is 0 Å². The molecule has 0 aliphatic carbocycles. The van der Waals surface area contributed by atoms with Crippen molar-refractivity contribution < 1.29 is 18.7 Å². The molecule has 0 unspecified atom stereocenters. The van der Waals surface area contributed by atoms with E-state index in [1.165, 1.54) is 12.1 Å². The van der Waals surface area contributed by atoms with Gasteiger partial charge in [-0.3, -0.25) is 9.59 Å². The fraction of sp³-hybridized carbons (Fsp3) is 0.333. The molecule has 7 heteroatoms. The normalized spacial score (nSPS) is 12.0. The lowest BCUT2D eigenvalue weighted by atomic mass is 10.00. The number of amides is 2. The van der Waals surface area contributed by atoms with Crippen molar-refractivity contribution >= 4 is 23.4 Å². The average molecular weight is 525 g/mol. The van der Waals surface area contributed by atoms with E-state index in [4.69, 9.17) is 16.3 Å². The maximum Gasteiger partial charge on any atom is 0.243 e. The molecule has 1 N–H and O–H groups in total.